The summed E-state index contributed by atoms with van der Waals surface area (Å²) in [7, 11) is -3.86. The third-order valence-electron chi connectivity index (χ3n) is 3.32. The average molecular weight is 332 g/mol. The fourth-order valence-electron chi connectivity index (χ4n) is 2.28. The van der Waals surface area contributed by atoms with Gasteiger partial charge in [-0.3, -0.25) is 4.79 Å². The van der Waals surface area contributed by atoms with Gasteiger partial charge in [0.2, 0.25) is 5.91 Å². The Morgan fingerprint density at radius 1 is 1.57 bits per heavy atom. The van der Waals surface area contributed by atoms with Gasteiger partial charge in [0.1, 0.15) is 15.1 Å². The summed E-state index contributed by atoms with van der Waals surface area (Å²) in [4.78, 5) is 22.8. The summed E-state index contributed by atoms with van der Waals surface area (Å²) in [5.41, 5.74) is 0.403. The number of carboxylic acids is 1. The number of carbonyl (C=O) groups excluding carboxylic acids is 1. The number of thiophene rings is 1. The number of nitrogens with one attached hydrogen (secondary N) is 1. The summed E-state index contributed by atoms with van der Waals surface area (Å²) in [6.45, 7) is 3.73. The van der Waals surface area contributed by atoms with Crippen LogP contribution in [0.3, 0.4) is 0 Å². The summed E-state index contributed by atoms with van der Waals surface area (Å²) in [5.74, 6) is -1.47. The molecule has 0 aromatic carbocycles. The monoisotopic (exact) mass is 332 g/mol. The van der Waals surface area contributed by atoms with Crippen molar-refractivity contribution in [1.82, 2.24) is 9.62 Å². The highest BCUT2D eigenvalue weighted by Gasteiger charge is 2.38. The number of amides is 1. The molecule has 0 spiro atoms. The maximum Gasteiger partial charge on any atom is 0.346 e. The molecule has 1 aromatic heterocycles. The molecule has 1 aliphatic rings. The van der Waals surface area contributed by atoms with E-state index in [9.17, 15) is 18.0 Å². The Morgan fingerprint density at radius 3 is 2.76 bits per heavy atom. The van der Waals surface area contributed by atoms with E-state index in [1.165, 1.54) is 6.07 Å². The molecule has 1 atom stereocenters. The van der Waals surface area contributed by atoms with Crippen molar-refractivity contribution in [3.05, 3.63) is 16.5 Å². The van der Waals surface area contributed by atoms with E-state index >= 15 is 0 Å². The molecule has 0 bridgehead atoms. The van der Waals surface area contributed by atoms with Crippen LogP contribution in [0.4, 0.5) is 0 Å². The summed E-state index contributed by atoms with van der Waals surface area (Å²) in [6.07, 6.45) is 0.362. The molecule has 1 unspecified atom stereocenters. The highest BCUT2D eigenvalue weighted by atomic mass is 32.2. The molecule has 0 radical (unpaired) electrons. The van der Waals surface area contributed by atoms with E-state index in [-0.39, 0.29) is 28.1 Å². The van der Waals surface area contributed by atoms with E-state index in [0.717, 1.165) is 15.6 Å². The minimum atomic E-state index is -3.86. The van der Waals surface area contributed by atoms with Crippen LogP contribution in [-0.4, -0.2) is 48.8 Å². The smallest absolute Gasteiger partial charge is 0.346 e. The van der Waals surface area contributed by atoms with Crippen molar-refractivity contribution in [3.63, 3.8) is 0 Å². The number of aromatic carboxylic acids is 1. The van der Waals surface area contributed by atoms with Gasteiger partial charge in [0, 0.05) is 13.1 Å². The Kier molecular flexibility index (Phi) is 4.35. The third kappa shape index (κ3) is 2.81. The van der Waals surface area contributed by atoms with Gasteiger partial charge in [-0.1, -0.05) is 6.92 Å². The average Bonchev–Trinajstić information content (AvgIpc) is 2.81. The van der Waals surface area contributed by atoms with Crippen LogP contribution in [0.1, 0.15) is 28.6 Å². The molecule has 21 heavy (non-hydrogen) atoms. The van der Waals surface area contributed by atoms with Crippen LogP contribution < -0.4 is 5.32 Å². The molecular weight excluding hydrogens is 316 g/mol. The zero-order valence-corrected chi connectivity index (χ0v) is 13.3. The molecule has 9 heteroatoms. The fourth-order valence-corrected chi connectivity index (χ4v) is 5.45. The lowest BCUT2D eigenvalue weighted by atomic mass is 10.2. The Morgan fingerprint density at radius 2 is 2.24 bits per heavy atom. The highest BCUT2D eigenvalue weighted by Crippen LogP contribution is 2.30. The molecule has 2 rings (SSSR count). The minimum Gasteiger partial charge on any atom is -0.477 e. The van der Waals surface area contributed by atoms with Crippen LogP contribution >= 0.6 is 11.3 Å². The molecule has 1 amide bonds. The van der Waals surface area contributed by atoms with Gasteiger partial charge in [-0.05, 0) is 25.0 Å². The second-order valence-electron chi connectivity index (χ2n) is 4.71. The highest BCUT2D eigenvalue weighted by molar-refractivity contribution is 7.91. The predicted octanol–water partition coefficient (Wildman–Crippen LogP) is 0.654. The van der Waals surface area contributed by atoms with E-state index in [1.807, 2.05) is 0 Å². The first-order chi connectivity index (χ1) is 9.78. The van der Waals surface area contributed by atoms with Gasteiger partial charge in [0.05, 0.1) is 0 Å². The Labute approximate surface area is 126 Å². The number of aryl methyl sites for hydroxylation is 1. The molecule has 116 valence electrons. The summed E-state index contributed by atoms with van der Waals surface area (Å²) in [5, 5.41) is 11.7. The standard InChI is InChI=1S/C12H16N2O5S2/c1-3-8-11(15)13-4-5-14(8)21(18,19)9-6-7(2)10(20-9)12(16)17/h6,8H,3-5H2,1-2H3,(H,13,15)(H,16,17). The lowest BCUT2D eigenvalue weighted by molar-refractivity contribution is -0.126. The number of nitrogens with zero attached hydrogens (tertiary/aromatic N) is 1. The number of sulfonamides is 1. The molecule has 0 aliphatic carbocycles. The van der Waals surface area contributed by atoms with Gasteiger partial charge in [-0.25, -0.2) is 13.2 Å². The summed E-state index contributed by atoms with van der Waals surface area (Å²) >= 11 is 0.721. The normalized spacial score (nSPS) is 20.3. The minimum absolute atomic E-state index is 0.00286. The molecule has 7 nitrogen and oxygen atoms in total. The van der Waals surface area contributed by atoms with Crippen LogP contribution in [0.5, 0.6) is 0 Å². The maximum absolute atomic E-state index is 12.7. The van der Waals surface area contributed by atoms with E-state index in [2.05, 4.69) is 5.32 Å². The van der Waals surface area contributed by atoms with Crippen LogP contribution in [0, 0.1) is 6.92 Å². The van der Waals surface area contributed by atoms with Crippen molar-refractivity contribution in [2.75, 3.05) is 13.1 Å². The number of carboxylic acid groups (broad SMARTS) is 1. The number of hydrogen-bond donors (Lipinski definition) is 2. The summed E-state index contributed by atoms with van der Waals surface area (Å²) < 4.78 is 26.4. The molecule has 2 N–H and O–H groups in total. The molecular formula is C12H16N2O5S2. The van der Waals surface area contributed by atoms with Gasteiger partial charge in [0.25, 0.3) is 10.0 Å². The van der Waals surface area contributed by atoms with Crippen molar-refractivity contribution >= 4 is 33.2 Å². The Bertz CT molecular complexity index is 680. The van der Waals surface area contributed by atoms with Gasteiger partial charge < -0.3 is 10.4 Å². The predicted molar refractivity (Wildman–Crippen MR) is 77.0 cm³/mol. The van der Waals surface area contributed by atoms with Gasteiger partial charge in [-0.2, -0.15) is 4.31 Å². The number of carbonyl (C=O) groups is 2. The van der Waals surface area contributed by atoms with Crippen molar-refractivity contribution < 1.29 is 23.1 Å². The Balaban J connectivity index is 2.43. The lowest BCUT2D eigenvalue weighted by Gasteiger charge is -2.32. The number of hydrogen-bond acceptors (Lipinski definition) is 5. The maximum atomic E-state index is 12.7. The molecule has 1 aliphatic heterocycles. The fraction of sp³-hybridized carbons (Fsp3) is 0.500. The first-order valence-corrected chi connectivity index (χ1v) is 8.68. The lowest BCUT2D eigenvalue weighted by Crippen LogP contribution is -2.56. The number of piperazine rings is 1. The van der Waals surface area contributed by atoms with E-state index in [1.54, 1.807) is 13.8 Å². The summed E-state index contributed by atoms with van der Waals surface area (Å²) in [6, 6.07) is 0.599. The van der Waals surface area contributed by atoms with Crippen LogP contribution in [0.2, 0.25) is 0 Å². The zero-order valence-electron chi connectivity index (χ0n) is 11.6. The van der Waals surface area contributed by atoms with Crippen molar-refractivity contribution in [2.24, 2.45) is 0 Å². The largest absolute Gasteiger partial charge is 0.477 e. The number of rotatable bonds is 4. The second-order valence-corrected chi connectivity index (χ2v) is 7.88. The van der Waals surface area contributed by atoms with E-state index in [4.69, 9.17) is 5.11 Å². The van der Waals surface area contributed by atoms with Gasteiger partial charge in [-0.15, -0.1) is 11.3 Å². The third-order valence-corrected chi connectivity index (χ3v) is 6.90. The van der Waals surface area contributed by atoms with Gasteiger partial charge in [0.15, 0.2) is 0 Å². The van der Waals surface area contributed by atoms with Crippen LogP contribution in [0.25, 0.3) is 0 Å². The molecule has 1 saturated heterocycles. The second kappa shape index (κ2) is 5.74. The quantitative estimate of drug-likeness (QED) is 0.843. The molecule has 1 aromatic rings. The van der Waals surface area contributed by atoms with E-state index in [0.29, 0.717) is 12.0 Å². The first kappa shape index (κ1) is 15.9. The Hall–Kier alpha value is -1.45. The first-order valence-electron chi connectivity index (χ1n) is 6.42. The SMILES string of the molecule is CCC1C(=O)NCCN1S(=O)(=O)c1cc(C)c(C(=O)O)s1. The zero-order chi connectivity index (χ0) is 15.8. The van der Waals surface area contributed by atoms with Crippen molar-refractivity contribution in [3.8, 4) is 0 Å². The molecule has 1 fully saturated rings. The topological polar surface area (TPSA) is 104 Å². The van der Waals surface area contributed by atoms with Crippen molar-refractivity contribution in [1.29, 1.82) is 0 Å². The van der Waals surface area contributed by atoms with E-state index < -0.39 is 22.0 Å². The molecule has 2 heterocycles. The van der Waals surface area contributed by atoms with Crippen LogP contribution in [-0.2, 0) is 14.8 Å². The molecule has 0 saturated carbocycles. The van der Waals surface area contributed by atoms with Crippen molar-refractivity contribution in [2.45, 2.75) is 30.5 Å². The van der Waals surface area contributed by atoms with Gasteiger partial charge >= 0.3 is 5.97 Å². The van der Waals surface area contributed by atoms with Crippen LogP contribution in [0.15, 0.2) is 10.3 Å².